The molecule has 0 atom stereocenters. The minimum atomic E-state index is 0. The molecule has 92 valence electrons. The van der Waals surface area contributed by atoms with E-state index in [4.69, 9.17) is 4.74 Å². The van der Waals surface area contributed by atoms with Gasteiger partial charge in [-0.05, 0) is 54.4 Å². The largest absolute Gasteiger partial charge is 0.496 e. The molecule has 0 amide bonds. The molecule has 1 aromatic rings. The van der Waals surface area contributed by atoms with Gasteiger partial charge in [-0.25, -0.2) is 0 Å². The zero-order chi connectivity index (χ0) is 11.5. The second kappa shape index (κ2) is 6.48. The lowest BCUT2D eigenvalue weighted by molar-refractivity contribution is 0.410. The number of ether oxygens (including phenoxy) is 1. The monoisotopic (exact) mass is 307 g/mol. The molecule has 0 heterocycles. The lowest BCUT2D eigenvalue weighted by atomic mass is 10.1. The Bertz CT molecular complexity index is 336. The maximum absolute atomic E-state index is 5.18. The smallest absolute Gasteiger partial charge is 0.133 e. The molecule has 0 aromatic heterocycles. The molecule has 0 aliphatic rings. The maximum atomic E-state index is 5.18. The Morgan fingerprint density at radius 2 is 1.94 bits per heavy atom. The summed E-state index contributed by atoms with van der Waals surface area (Å²) in [6.45, 7) is 7.34. The Balaban J connectivity index is 0.00000225. The van der Waals surface area contributed by atoms with Gasteiger partial charge in [0.05, 0.1) is 11.6 Å². The fourth-order valence-electron chi connectivity index (χ4n) is 1.19. The van der Waals surface area contributed by atoms with E-state index < -0.39 is 0 Å². The number of benzene rings is 1. The summed E-state index contributed by atoms with van der Waals surface area (Å²) in [5.74, 6) is 0.870. The predicted molar refractivity (Wildman–Crippen MR) is 74.5 cm³/mol. The van der Waals surface area contributed by atoms with Gasteiger partial charge >= 0.3 is 0 Å². The molecule has 0 radical (unpaired) electrons. The van der Waals surface area contributed by atoms with E-state index in [9.17, 15) is 0 Å². The highest BCUT2D eigenvalue weighted by Crippen LogP contribution is 2.25. The number of nitrogens with one attached hydrogen (secondary N) is 1. The molecule has 0 bridgehead atoms. The Hall–Kier alpha value is -0.250. The molecule has 16 heavy (non-hydrogen) atoms. The van der Waals surface area contributed by atoms with Crippen LogP contribution in [-0.2, 0) is 6.54 Å². The van der Waals surface area contributed by atoms with Crippen molar-refractivity contribution in [1.29, 1.82) is 0 Å². The highest BCUT2D eigenvalue weighted by molar-refractivity contribution is 9.10. The minimum Gasteiger partial charge on any atom is -0.496 e. The van der Waals surface area contributed by atoms with Crippen molar-refractivity contribution in [2.75, 3.05) is 7.11 Å². The molecule has 2 nitrogen and oxygen atoms in total. The van der Waals surface area contributed by atoms with Gasteiger partial charge in [0.1, 0.15) is 5.75 Å². The number of halogens is 2. The van der Waals surface area contributed by atoms with Gasteiger partial charge in [-0.15, -0.1) is 12.4 Å². The zero-order valence-corrected chi connectivity index (χ0v) is 12.5. The lowest BCUT2D eigenvalue weighted by Crippen LogP contribution is -2.35. The van der Waals surface area contributed by atoms with E-state index in [-0.39, 0.29) is 17.9 Å². The summed E-state index contributed by atoms with van der Waals surface area (Å²) in [7, 11) is 1.67. The Morgan fingerprint density at radius 3 is 2.38 bits per heavy atom. The molecule has 4 heteroatoms. The fraction of sp³-hybridized carbons (Fsp3) is 0.500. The van der Waals surface area contributed by atoms with Crippen LogP contribution in [0.15, 0.2) is 22.7 Å². The van der Waals surface area contributed by atoms with Crippen LogP contribution in [0.4, 0.5) is 0 Å². The van der Waals surface area contributed by atoms with E-state index in [0.717, 1.165) is 16.8 Å². The average molecular weight is 309 g/mol. The van der Waals surface area contributed by atoms with Crippen LogP contribution in [0.3, 0.4) is 0 Å². The zero-order valence-electron chi connectivity index (χ0n) is 10.1. The highest BCUT2D eigenvalue weighted by Gasteiger charge is 2.09. The van der Waals surface area contributed by atoms with Crippen molar-refractivity contribution in [3.8, 4) is 5.75 Å². The van der Waals surface area contributed by atoms with Gasteiger partial charge in [0.2, 0.25) is 0 Å². The van der Waals surface area contributed by atoms with Crippen molar-refractivity contribution < 1.29 is 4.74 Å². The second-order valence-corrected chi connectivity index (χ2v) is 5.43. The Kier molecular flexibility index (Phi) is 6.38. The van der Waals surface area contributed by atoms with E-state index in [1.54, 1.807) is 7.11 Å². The molecule has 0 fully saturated rings. The average Bonchev–Trinajstić information content (AvgIpc) is 2.14. The normalized spacial score (nSPS) is 10.8. The summed E-state index contributed by atoms with van der Waals surface area (Å²) in [5.41, 5.74) is 1.39. The van der Waals surface area contributed by atoms with Crippen molar-refractivity contribution in [1.82, 2.24) is 5.32 Å². The van der Waals surface area contributed by atoms with Crippen LogP contribution in [0.5, 0.6) is 5.75 Å². The summed E-state index contributed by atoms with van der Waals surface area (Å²) in [6, 6.07) is 6.13. The van der Waals surface area contributed by atoms with Crippen molar-refractivity contribution in [3.63, 3.8) is 0 Å². The molecule has 0 unspecified atom stereocenters. The van der Waals surface area contributed by atoms with Crippen molar-refractivity contribution in [2.24, 2.45) is 0 Å². The van der Waals surface area contributed by atoms with E-state index in [1.807, 2.05) is 6.07 Å². The third kappa shape index (κ3) is 5.19. The number of rotatable bonds is 3. The summed E-state index contributed by atoms with van der Waals surface area (Å²) in [6.07, 6.45) is 0. The first-order valence-electron chi connectivity index (χ1n) is 5.00. The molecular weight excluding hydrogens is 289 g/mol. The van der Waals surface area contributed by atoms with Crippen molar-refractivity contribution in [2.45, 2.75) is 32.9 Å². The molecule has 0 aliphatic heterocycles. The van der Waals surface area contributed by atoms with Crippen LogP contribution in [0.25, 0.3) is 0 Å². The molecule has 0 spiro atoms. The third-order valence-corrected chi connectivity index (χ3v) is 2.66. The van der Waals surface area contributed by atoms with Crippen molar-refractivity contribution in [3.05, 3.63) is 28.2 Å². The summed E-state index contributed by atoms with van der Waals surface area (Å²) in [4.78, 5) is 0. The van der Waals surface area contributed by atoms with Crippen LogP contribution in [0.2, 0.25) is 0 Å². The lowest BCUT2D eigenvalue weighted by Gasteiger charge is -2.20. The quantitative estimate of drug-likeness (QED) is 0.918. The summed E-state index contributed by atoms with van der Waals surface area (Å²) in [5, 5.41) is 3.44. The van der Waals surface area contributed by atoms with E-state index in [0.29, 0.717) is 0 Å². The molecule has 1 rings (SSSR count). The summed E-state index contributed by atoms with van der Waals surface area (Å²) < 4.78 is 6.18. The first-order valence-corrected chi connectivity index (χ1v) is 5.79. The first-order chi connectivity index (χ1) is 6.92. The standard InChI is InChI=1S/C12H18BrNO.ClH/c1-12(2,3)14-8-9-5-6-11(15-4)10(13)7-9;/h5-7,14H,8H2,1-4H3;1H. The SMILES string of the molecule is COc1ccc(CNC(C)(C)C)cc1Br.Cl. The van der Waals surface area contributed by atoms with Gasteiger partial charge in [-0.2, -0.15) is 0 Å². The van der Waals surface area contributed by atoms with Gasteiger partial charge in [0, 0.05) is 12.1 Å². The molecule has 0 saturated heterocycles. The summed E-state index contributed by atoms with van der Waals surface area (Å²) >= 11 is 3.47. The third-order valence-electron chi connectivity index (χ3n) is 2.04. The highest BCUT2D eigenvalue weighted by atomic mass is 79.9. The van der Waals surface area contributed by atoms with Crippen LogP contribution in [-0.4, -0.2) is 12.6 Å². The Labute approximate surface area is 112 Å². The Morgan fingerprint density at radius 1 is 1.31 bits per heavy atom. The van der Waals surface area contributed by atoms with E-state index >= 15 is 0 Å². The maximum Gasteiger partial charge on any atom is 0.133 e. The van der Waals surface area contributed by atoms with Gasteiger partial charge in [0.25, 0.3) is 0 Å². The van der Waals surface area contributed by atoms with Crippen LogP contribution >= 0.6 is 28.3 Å². The predicted octanol–water partition coefficient (Wildman–Crippen LogP) is 3.77. The fourth-order valence-corrected chi connectivity index (χ4v) is 1.78. The number of hydrogen-bond acceptors (Lipinski definition) is 2. The van der Waals surface area contributed by atoms with Crippen LogP contribution in [0.1, 0.15) is 26.3 Å². The van der Waals surface area contributed by atoms with Gasteiger partial charge in [-0.3, -0.25) is 0 Å². The first kappa shape index (κ1) is 15.8. The van der Waals surface area contributed by atoms with Gasteiger partial charge in [-0.1, -0.05) is 6.07 Å². The van der Waals surface area contributed by atoms with Gasteiger partial charge in [0.15, 0.2) is 0 Å². The van der Waals surface area contributed by atoms with Crippen molar-refractivity contribution >= 4 is 28.3 Å². The topological polar surface area (TPSA) is 21.3 Å². The molecular formula is C12H19BrClNO. The van der Waals surface area contributed by atoms with Crippen LogP contribution in [0, 0.1) is 0 Å². The molecule has 0 saturated carbocycles. The minimum absolute atomic E-state index is 0. The molecule has 0 aliphatic carbocycles. The van der Waals surface area contributed by atoms with Crippen LogP contribution < -0.4 is 10.1 Å². The van der Waals surface area contributed by atoms with E-state index in [2.05, 4.69) is 54.2 Å². The second-order valence-electron chi connectivity index (χ2n) is 4.57. The number of methoxy groups -OCH3 is 1. The van der Waals surface area contributed by atoms with Gasteiger partial charge < -0.3 is 10.1 Å². The van der Waals surface area contributed by atoms with E-state index in [1.165, 1.54) is 5.56 Å². The number of hydrogen-bond donors (Lipinski definition) is 1. The molecule has 1 N–H and O–H groups in total. The molecule has 1 aromatic carbocycles.